The summed E-state index contributed by atoms with van der Waals surface area (Å²) in [6.07, 6.45) is 1.92. The molecule has 0 aliphatic carbocycles. The predicted octanol–water partition coefficient (Wildman–Crippen LogP) is 6.20. The van der Waals surface area contributed by atoms with Gasteiger partial charge in [-0.2, -0.15) is 0 Å². The molecule has 0 unspecified atom stereocenters. The van der Waals surface area contributed by atoms with E-state index in [0.29, 0.717) is 16.8 Å². The summed E-state index contributed by atoms with van der Waals surface area (Å²) < 4.78 is 1.85. The molecule has 5 rings (SSSR count). The highest BCUT2D eigenvalue weighted by Gasteiger charge is 2.23. The molecule has 0 saturated heterocycles. The molecule has 0 fully saturated rings. The van der Waals surface area contributed by atoms with E-state index in [1.54, 1.807) is 17.8 Å². The average molecular weight is 413 g/mol. The molecule has 1 aliphatic heterocycles. The molecule has 1 N–H and O–H groups in total. The Morgan fingerprint density at radius 1 is 0.933 bits per heavy atom. The molecular formula is C25H20N2O2S. The molecule has 3 heterocycles. The van der Waals surface area contributed by atoms with Crippen molar-refractivity contribution in [2.75, 3.05) is 5.32 Å². The Morgan fingerprint density at radius 3 is 2.50 bits per heavy atom. The van der Waals surface area contributed by atoms with Gasteiger partial charge in [-0.15, -0.1) is 0 Å². The van der Waals surface area contributed by atoms with Crippen molar-refractivity contribution in [3.8, 4) is 0 Å². The maximum Gasteiger partial charge on any atom is 0.195 e. The first-order valence-corrected chi connectivity index (χ1v) is 10.6. The van der Waals surface area contributed by atoms with Gasteiger partial charge >= 0.3 is 0 Å². The number of carbonyl (C=O) groups is 2. The van der Waals surface area contributed by atoms with E-state index >= 15 is 0 Å². The number of pyridine rings is 1. The maximum absolute atomic E-state index is 13.5. The lowest BCUT2D eigenvalue weighted by atomic mass is 10.0. The quantitative estimate of drug-likeness (QED) is 0.359. The van der Waals surface area contributed by atoms with Gasteiger partial charge in [-0.25, -0.2) is 0 Å². The molecule has 2 aromatic carbocycles. The van der Waals surface area contributed by atoms with Crippen LogP contribution < -0.4 is 5.32 Å². The van der Waals surface area contributed by atoms with Gasteiger partial charge in [-0.3, -0.25) is 9.59 Å². The number of Topliss-reactive ketones (excluding diaryl/α,β-unsaturated/α-hetero) is 1. The number of carbonyl (C=O) groups excluding carboxylic acids is 2. The lowest BCUT2D eigenvalue weighted by Crippen LogP contribution is -2.05. The Bertz CT molecular complexity index is 1370. The second-order valence-electron chi connectivity index (χ2n) is 7.68. The van der Waals surface area contributed by atoms with Gasteiger partial charge in [0, 0.05) is 34.0 Å². The van der Waals surface area contributed by atoms with E-state index in [9.17, 15) is 9.59 Å². The molecular weight excluding hydrogens is 392 g/mol. The van der Waals surface area contributed by atoms with Crippen molar-refractivity contribution >= 4 is 40.2 Å². The smallest absolute Gasteiger partial charge is 0.195 e. The fraction of sp³-hybridized carbons (Fsp3) is 0.120. The summed E-state index contributed by atoms with van der Waals surface area (Å²) >= 11 is 1.65. The van der Waals surface area contributed by atoms with Gasteiger partial charge in [0.05, 0.1) is 22.6 Å². The lowest BCUT2D eigenvalue weighted by Gasteiger charge is -2.21. The normalized spacial score (nSPS) is 12.2. The van der Waals surface area contributed by atoms with Crippen molar-refractivity contribution in [1.29, 1.82) is 0 Å². The Labute approximate surface area is 178 Å². The summed E-state index contributed by atoms with van der Waals surface area (Å²) in [7, 11) is 0. The van der Waals surface area contributed by atoms with E-state index in [4.69, 9.17) is 0 Å². The first-order valence-electron chi connectivity index (χ1n) is 9.78. The van der Waals surface area contributed by atoms with Gasteiger partial charge in [-0.05, 0) is 61.4 Å². The average Bonchev–Trinajstić information content (AvgIpc) is 3.11. The summed E-state index contributed by atoms with van der Waals surface area (Å²) in [6, 6.07) is 17.6. The Kier molecular flexibility index (Phi) is 4.29. The van der Waals surface area contributed by atoms with Gasteiger partial charge in [0.1, 0.15) is 0 Å². The number of hydrogen-bond acceptors (Lipinski definition) is 4. The molecule has 4 aromatic rings. The van der Waals surface area contributed by atoms with Gasteiger partial charge in [0.25, 0.3) is 0 Å². The SMILES string of the molecule is CC(=O)c1cc(C(=O)c2ccc3c(c2)Sc2ccccc2N3)c2c(C)cc(C)cn12. The van der Waals surface area contributed by atoms with Gasteiger partial charge in [0.15, 0.2) is 11.6 Å². The molecule has 0 atom stereocenters. The highest BCUT2D eigenvalue weighted by atomic mass is 32.2. The summed E-state index contributed by atoms with van der Waals surface area (Å²) in [5.41, 5.74) is 6.60. The van der Waals surface area contributed by atoms with E-state index in [1.165, 1.54) is 6.92 Å². The second kappa shape index (κ2) is 6.89. The highest BCUT2D eigenvalue weighted by molar-refractivity contribution is 7.99. The Morgan fingerprint density at radius 2 is 1.70 bits per heavy atom. The molecule has 5 heteroatoms. The zero-order valence-corrected chi connectivity index (χ0v) is 17.8. The summed E-state index contributed by atoms with van der Waals surface area (Å²) in [5.74, 6) is -0.134. The number of para-hydroxylation sites is 1. The van der Waals surface area contributed by atoms with Crippen LogP contribution in [-0.4, -0.2) is 16.0 Å². The number of aromatic nitrogens is 1. The zero-order chi connectivity index (χ0) is 21.0. The third-order valence-corrected chi connectivity index (χ3v) is 6.55. The van der Waals surface area contributed by atoms with Gasteiger partial charge in [-0.1, -0.05) is 30.0 Å². The van der Waals surface area contributed by atoms with Gasteiger partial charge < -0.3 is 9.72 Å². The van der Waals surface area contributed by atoms with E-state index < -0.39 is 0 Å². The number of rotatable bonds is 3. The van der Waals surface area contributed by atoms with Crippen molar-refractivity contribution in [3.63, 3.8) is 0 Å². The van der Waals surface area contributed by atoms with E-state index in [2.05, 4.69) is 11.4 Å². The first-order chi connectivity index (χ1) is 14.4. The second-order valence-corrected chi connectivity index (χ2v) is 8.77. The fourth-order valence-corrected chi connectivity index (χ4v) is 5.11. The van der Waals surface area contributed by atoms with Gasteiger partial charge in [0.2, 0.25) is 0 Å². The van der Waals surface area contributed by atoms with Crippen LogP contribution in [-0.2, 0) is 0 Å². The molecule has 0 amide bonds. The number of anilines is 2. The minimum absolute atomic E-state index is 0.0594. The number of benzene rings is 2. The highest BCUT2D eigenvalue weighted by Crippen LogP contribution is 2.44. The topological polar surface area (TPSA) is 50.6 Å². The van der Waals surface area contributed by atoms with Crippen LogP contribution in [0.25, 0.3) is 5.52 Å². The number of aryl methyl sites for hydroxylation is 2. The molecule has 0 radical (unpaired) electrons. The van der Waals surface area contributed by atoms with Crippen LogP contribution >= 0.6 is 11.8 Å². The molecule has 148 valence electrons. The number of ketones is 2. The minimum atomic E-state index is -0.0748. The Balaban J connectivity index is 1.61. The monoisotopic (exact) mass is 412 g/mol. The van der Waals surface area contributed by atoms with E-state index in [0.717, 1.165) is 37.8 Å². The molecule has 2 aromatic heterocycles. The van der Waals surface area contributed by atoms with Crippen molar-refractivity contribution < 1.29 is 9.59 Å². The Hall–Kier alpha value is -3.31. The molecule has 1 aliphatic rings. The van der Waals surface area contributed by atoms with Crippen LogP contribution in [0.5, 0.6) is 0 Å². The summed E-state index contributed by atoms with van der Waals surface area (Å²) in [4.78, 5) is 27.9. The van der Waals surface area contributed by atoms with E-state index in [1.807, 2.05) is 66.9 Å². The van der Waals surface area contributed by atoms with Crippen molar-refractivity contribution in [2.45, 2.75) is 30.6 Å². The van der Waals surface area contributed by atoms with Crippen LogP contribution in [0.1, 0.15) is 44.5 Å². The summed E-state index contributed by atoms with van der Waals surface area (Å²) in [6.45, 7) is 5.50. The van der Waals surface area contributed by atoms with Crippen LogP contribution in [0.15, 0.2) is 70.6 Å². The minimum Gasteiger partial charge on any atom is -0.354 e. The molecule has 0 bridgehead atoms. The third-order valence-electron chi connectivity index (χ3n) is 5.41. The number of nitrogens with one attached hydrogen (secondary N) is 1. The number of nitrogens with zero attached hydrogens (tertiary/aromatic N) is 1. The number of fused-ring (bicyclic) bond motifs is 3. The molecule has 30 heavy (non-hydrogen) atoms. The largest absolute Gasteiger partial charge is 0.354 e. The van der Waals surface area contributed by atoms with Crippen LogP contribution in [0.2, 0.25) is 0 Å². The summed E-state index contributed by atoms with van der Waals surface area (Å²) in [5, 5.41) is 3.43. The molecule has 0 spiro atoms. The predicted molar refractivity (Wildman–Crippen MR) is 121 cm³/mol. The van der Waals surface area contributed by atoms with Crippen LogP contribution in [0.3, 0.4) is 0 Å². The number of hydrogen-bond donors (Lipinski definition) is 1. The van der Waals surface area contributed by atoms with Crippen LogP contribution in [0, 0.1) is 13.8 Å². The van der Waals surface area contributed by atoms with Crippen molar-refractivity contribution in [2.24, 2.45) is 0 Å². The molecule has 4 nitrogen and oxygen atoms in total. The lowest BCUT2D eigenvalue weighted by molar-refractivity contribution is 0.101. The van der Waals surface area contributed by atoms with E-state index in [-0.39, 0.29) is 11.6 Å². The van der Waals surface area contributed by atoms with Crippen LogP contribution in [0.4, 0.5) is 11.4 Å². The standard InChI is InChI=1S/C25H20N2O2S/c1-14-10-15(2)24-18(12-21(16(3)28)27(24)13-14)25(29)17-8-9-20-23(11-17)30-22-7-5-4-6-19(22)26-20/h4-13,26H,1-3H3. The zero-order valence-electron chi connectivity index (χ0n) is 16.9. The van der Waals surface area contributed by atoms with Crippen molar-refractivity contribution in [3.05, 3.63) is 88.7 Å². The van der Waals surface area contributed by atoms with Crippen molar-refractivity contribution in [1.82, 2.24) is 4.40 Å². The fourth-order valence-electron chi connectivity index (χ4n) is 4.09. The first kappa shape index (κ1) is 18.7. The maximum atomic E-state index is 13.5. The molecule has 0 saturated carbocycles. The third kappa shape index (κ3) is 2.94.